The zero-order valence-electron chi connectivity index (χ0n) is 14.3. The van der Waals surface area contributed by atoms with Crippen LogP contribution in [0.2, 0.25) is 0 Å². The number of rotatable bonds is 5. The van der Waals surface area contributed by atoms with E-state index in [0.717, 1.165) is 0 Å². The van der Waals surface area contributed by atoms with Crippen molar-refractivity contribution < 1.29 is 17.9 Å². The van der Waals surface area contributed by atoms with E-state index in [4.69, 9.17) is 4.74 Å². The lowest BCUT2D eigenvalue weighted by molar-refractivity contribution is 0.000430. The first-order valence-corrected chi connectivity index (χ1v) is 9.39. The highest BCUT2D eigenvalue weighted by Gasteiger charge is 2.27. The minimum Gasteiger partial charge on any atom is -0.374 e. The molecule has 0 aliphatic carbocycles. The van der Waals surface area contributed by atoms with Gasteiger partial charge in [-0.05, 0) is 6.92 Å². The molecule has 0 bridgehead atoms. The van der Waals surface area contributed by atoms with Crippen molar-refractivity contribution in [2.75, 3.05) is 51.5 Å². The smallest absolute Gasteiger partial charge is 0.254 e. The van der Waals surface area contributed by atoms with Crippen molar-refractivity contribution in [3.05, 3.63) is 17.5 Å². The van der Waals surface area contributed by atoms with Gasteiger partial charge < -0.3 is 15.0 Å². The first-order valence-electron chi connectivity index (χ1n) is 7.54. The molecule has 134 valence electrons. The van der Waals surface area contributed by atoms with Gasteiger partial charge in [-0.1, -0.05) is 0 Å². The van der Waals surface area contributed by atoms with Crippen LogP contribution in [-0.4, -0.2) is 81.3 Å². The number of ether oxygens (including phenoxy) is 1. The lowest BCUT2D eigenvalue weighted by Crippen LogP contribution is -2.49. The van der Waals surface area contributed by atoms with Gasteiger partial charge in [0.2, 0.25) is 16.0 Å². The van der Waals surface area contributed by atoms with Crippen molar-refractivity contribution in [2.24, 2.45) is 0 Å². The number of nitrogens with one attached hydrogen (secondary N) is 1. The van der Waals surface area contributed by atoms with E-state index in [1.54, 1.807) is 11.8 Å². The molecule has 1 saturated heterocycles. The Balaban J connectivity index is 1.96. The molecule has 2 heterocycles. The van der Waals surface area contributed by atoms with E-state index >= 15 is 0 Å². The monoisotopic (exact) mass is 357 g/mol. The van der Waals surface area contributed by atoms with Gasteiger partial charge in [0.1, 0.15) is 0 Å². The SMILES string of the molecule is Cc1nc(N(C)C)ncc1C(=O)NCC1CN(S(C)(=O)=O)CCO1. The number of morpholine rings is 1. The molecule has 0 saturated carbocycles. The van der Waals surface area contributed by atoms with Crippen LogP contribution in [0.25, 0.3) is 0 Å². The predicted octanol–water partition coefficient (Wildman–Crippen LogP) is -0.759. The summed E-state index contributed by atoms with van der Waals surface area (Å²) in [5.74, 6) is 0.223. The van der Waals surface area contributed by atoms with Gasteiger partial charge in [-0.15, -0.1) is 0 Å². The highest BCUT2D eigenvalue weighted by molar-refractivity contribution is 7.88. The molecule has 1 N–H and O–H groups in total. The van der Waals surface area contributed by atoms with Crippen LogP contribution in [0.4, 0.5) is 5.95 Å². The summed E-state index contributed by atoms with van der Waals surface area (Å²) in [7, 11) is 0.391. The Morgan fingerprint density at radius 1 is 1.50 bits per heavy atom. The molecule has 0 spiro atoms. The number of hydrogen-bond acceptors (Lipinski definition) is 7. The highest BCUT2D eigenvalue weighted by Crippen LogP contribution is 2.11. The van der Waals surface area contributed by atoms with Crippen molar-refractivity contribution in [3.63, 3.8) is 0 Å². The molecule has 1 aliphatic rings. The first kappa shape index (κ1) is 18.6. The fraction of sp³-hybridized carbons (Fsp3) is 0.643. The lowest BCUT2D eigenvalue weighted by atomic mass is 10.2. The van der Waals surface area contributed by atoms with E-state index in [2.05, 4.69) is 15.3 Å². The Kier molecular flexibility index (Phi) is 5.73. The number of carbonyl (C=O) groups is 1. The summed E-state index contributed by atoms with van der Waals surface area (Å²) in [6, 6.07) is 0. The molecule has 1 aromatic heterocycles. The topological polar surface area (TPSA) is 105 Å². The van der Waals surface area contributed by atoms with Crippen molar-refractivity contribution >= 4 is 21.9 Å². The van der Waals surface area contributed by atoms with Crippen LogP contribution in [0.5, 0.6) is 0 Å². The van der Waals surface area contributed by atoms with E-state index in [-0.39, 0.29) is 25.1 Å². The Hall–Kier alpha value is -1.78. The van der Waals surface area contributed by atoms with Gasteiger partial charge in [-0.2, -0.15) is 4.31 Å². The minimum absolute atomic E-state index is 0.222. The maximum absolute atomic E-state index is 12.3. The molecule has 9 nitrogen and oxygen atoms in total. The summed E-state index contributed by atoms with van der Waals surface area (Å²) in [4.78, 5) is 22.4. The molecule has 0 radical (unpaired) electrons. The van der Waals surface area contributed by atoms with Gasteiger partial charge in [-0.25, -0.2) is 18.4 Å². The number of aromatic nitrogens is 2. The quantitative estimate of drug-likeness (QED) is 0.738. The van der Waals surface area contributed by atoms with Crippen molar-refractivity contribution in [3.8, 4) is 0 Å². The lowest BCUT2D eigenvalue weighted by Gasteiger charge is -2.31. The number of anilines is 1. The normalized spacial score (nSPS) is 19.1. The molecule has 1 unspecified atom stereocenters. The maximum atomic E-state index is 12.3. The molecule has 1 aromatic rings. The third kappa shape index (κ3) is 4.62. The minimum atomic E-state index is -3.25. The zero-order chi connectivity index (χ0) is 17.9. The highest BCUT2D eigenvalue weighted by atomic mass is 32.2. The van der Waals surface area contributed by atoms with E-state index in [1.807, 2.05) is 14.1 Å². The van der Waals surface area contributed by atoms with Crippen LogP contribution in [0.1, 0.15) is 16.1 Å². The zero-order valence-corrected chi connectivity index (χ0v) is 15.1. The van der Waals surface area contributed by atoms with Gasteiger partial charge in [0, 0.05) is 39.9 Å². The molecule has 1 aliphatic heterocycles. The van der Waals surface area contributed by atoms with Gasteiger partial charge in [0.05, 0.1) is 30.2 Å². The average Bonchev–Trinajstić information content (AvgIpc) is 2.52. The second-order valence-electron chi connectivity index (χ2n) is 5.89. The van der Waals surface area contributed by atoms with Crippen molar-refractivity contribution in [1.29, 1.82) is 0 Å². The molecule has 1 amide bonds. The maximum Gasteiger partial charge on any atom is 0.254 e. The van der Waals surface area contributed by atoms with Crippen molar-refractivity contribution in [1.82, 2.24) is 19.6 Å². The largest absolute Gasteiger partial charge is 0.374 e. The number of hydrogen-bond donors (Lipinski definition) is 1. The standard InChI is InChI=1S/C14H23N5O4S/c1-10-12(8-16-14(17-10)18(2)3)13(20)15-7-11-9-19(5-6-23-11)24(4,21)22/h8,11H,5-7,9H2,1-4H3,(H,15,20). The predicted molar refractivity (Wildman–Crippen MR) is 89.6 cm³/mol. The van der Waals surface area contributed by atoms with Crippen LogP contribution in [0, 0.1) is 6.92 Å². The average molecular weight is 357 g/mol. The van der Waals surface area contributed by atoms with E-state index in [0.29, 0.717) is 30.4 Å². The van der Waals surface area contributed by atoms with Crippen LogP contribution in [0.3, 0.4) is 0 Å². The van der Waals surface area contributed by atoms with Crippen LogP contribution < -0.4 is 10.2 Å². The molecule has 24 heavy (non-hydrogen) atoms. The fourth-order valence-corrected chi connectivity index (χ4v) is 3.16. The van der Waals surface area contributed by atoms with Gasteiger partial charge in [0.25, 0.3) is 5.91 Å². The second-order valence-corrected chi connectivity index (χ2v) is 7.87. The van der Waals surface area contributed by atoms with Crippen LogP contribution >= 0.6 is 0 Å². The summed E-state index contributed by atoms with van der Waals surface area (Å²) in [6.45, 7) is 2.84. The Morgan fingerprint density at radius 3 is 2.79 bits per heavy atom. The summed E-state index contributed by atoms with van der Waals surface area (Å²) < 4.78 is 30.0. The van der Waals surface area contributed by atoms with Crippen LogP contribution in [-0.2, 0) is 14.8 Å². The Labute approximate surface area is 142 Å². The number of sulfonamides is 1. The van der Waals surface area contributed by atoms with E-state index in [1.165, 1.54) is 16.8 Å². The molecule has 0 aromatic carbocycles. The number of amides is 1. The van der Waals surface area contributed by atoms with Gasteiger partial charge in [0.15, 0.2) is 0 Å². The Morgan fingerprint density at radius 2 is 2.21 bits per heavy atom. The van der Waals surface area contributed by atoms with Gasteiger partial charge in [-0.3, -0.25) is 4.79 Å². The number of nitrogens with zero attached hydrogens (tertiary/aromatic N) is 4. The molecular formula is C14H23N5O4S. The Bertz CT molecular complexity index is 707. The van der Waals surface area contributed by atoms with Crippen molar-refractivity contribution in [2.45, 2.75) is 13.0 Å². The molecular weight excluding hydrogens is 334 g/mol. The third-order valence-electron chi connectivity index (χ3n) is 3.67. The first-order chi connectivity index (χ1) is 11.2. The number of carbonyl (C=O) groups excluding carboxylic acids is 1. The number of aryl methyl sites for hydroxylation is 1. The summed E-state index contributed by atoms with van der Waals surface area (Å²) in [5.41, 5.74) is 0.963. The van der Waals surface area contributed by atoms with E-state index < -0.39 is 10.0 Å². The molecule has 1 fully saturated rings. The fourth-order valence-electron chi connectivity index (χ4n) is 2.31. The summed E-state index contributed by atoms with van der Waals surface area (Å²) >= 11 is 0. The third-order valence-corrected chi connectivity index (χ3v) is 4.94. The molecule has 2 rings (SSSR count). The summed E-state index contributed by atoms with van der Waals surface area (Å²) in [6.07, 6.45) is 2.28. The summed E-state index contributed by atoms with van der Waals surface area (Å²) in [5, 5.41) is 2.75. The molecule has 1 atom stereocenters. The van der Waals surface area contributed by atoms with E-state index in [9.17, 15) is 13.2 Å². The molecule has 10 heteroatoms. The van der Waals surface area contributed by atoms with Gasteiger partial charge >= 0.3 is 0 Å². The second kappa shape index (κ2) is 7.41. The van der Waals surface area contributed by atoms with Crippen LogP contribution in [0.15, 0.2) is 6.20 Å².